The molecule has 152 valence electrons. The van der Waals surface area contributed by atoms with Crippen LogP contribution in [0.4, 0.5) is 10.1 Å². The summed E-state index contributed by atoms with van der Waals surface area (Å²) >= 11 is 0. The number of carbonyl (C=O) groups is 2. The van der Waals surface area contributed by atoms with Crippen LogP contribution < -0.4 is 10.2 Å². The van der Waals surface area contributed by atoms with Gasteiger partial charge in [-0.05, 0) is 37.1 Å². The van der Waals surface area contributed by atoms with Crippen molar-refractivity contribution in [3.63, 3.8) is 0 Å². The Morgan fingerprint density at radius 1 is 1.13 bits per heavy atom. The smallest absolute Gasteiger partial charge is 0.261 e. The number of nitrogens with zero attached hydrogens (tertiary/aromatic N) is 2. The Bertz CT molecular complexity index is 1410. The molecule has 1 atom stereocenters. The zero-order valence-electron chi connectivity index (χ0n) is 16.5. The number of aliphatic imine (C=N–C) groups is 1. The van der Waals surface area contributed by atoms with E-state index in [4.69, 9.17) is 4.42 Å². The summed E-state index contributed by atoms with van der Waals surface area (Å²) in [5, 5.41) is 2.87. The van der Waals surface area contributed by atoms with E-state index in [-0.39, 0.29) is 22.8 Å². The van der Waals surface area contributed by atoms with E-state index < -0.39 is 17.6 Å². The highest BCUT2D eigenvalue weighted by Gasteiger charge is 2.39. The minimum Gasteiger partial charge on any atom is -0.464 e. The van der Waals surface area contributed by atoms with E-state index in [0.717, 1.165) is 23.2 Å². The number of imide groups is 1. The Labute approximate surface area is 176 Å². The first-order valence-electron chi connectivity index (χ1n) is 9.95. The molecule has 0 radical (unpaired) electrons. The topological polar surface area (TPSA) is 74.9 Å². The van der Waals surface area contributed by atoms with Crippen molar-refractivity contribution in [1.82, 2.24) is 5.32 Å². The Balaban J connectivity index is 1.65. The second-order valence-corrected chi connectivity index (χ2v) is 7.88. The molecule has 0 saturated carbocycles. The second-order valence-electron chi connectivity index (χ2n) is 7.88. The Morgan fingerprint density at radius 2 is 1.97 bits per heavy atom. The number of carbonyl (C=O) groups excluding carboxylic acids is 2. The SMILES string of the molecule is CC1Cc2cccc3c2N1C=CN=C3C1=C(c2cc(F)cc3ccoc23)C(=O)NC1=O. The van der Waals surface area contributed by atoms with Gasteiger partial charge in [0.05, 0.1) is 28.8 Å². The minimum atomic E-state index is -0.600. The number of furan rings is 1. The summed E-state index contributed by atoms with van der Waals surface area (Å²) in [7, 11) is 0. The summed E-state index contributed by atoms with van der Waals surface area (Å²) in [6.07, 6.45) is 5.82. The molecule has 1 N–H and O–H groups in total. The van der Waals surface area contributed by atoms with Crippen molar-refractivity contribution in [2.75, 3.05) is 4.90 Å². The predicted molar refractivity (Wildman–Crippen MR) is 114 cm³/mol. The van der Waals surface area contributed by atoms with E-state index in [1.807, 2.05) is 18.3 Å². The molecule has 2 amide bonds. The average molecular weight is 413 g/mol. The number of benzene rings is 2. The van der Waals surface area contributed by atoms with Crippen LogP contribution in [-0.4, -0.2) is 23.6 Å². The quantitative estimate of drug-likeness (QED) is 0.650. The van der Waals surface area contributed by atoms with E-state index in [1.165, 1.54) is 18.4 Å². The van der Waals surface area contributed by atoms with Gasteiger partial charge in [-0.15, -0.1) is 0 Å². The second kappa shape index (κ2) is 6.25. The number of hydrogen-bond donors (Lipinski definition) is 1. The molecule has 3 aromatic rings. The van der Waals surface area contributed by atoms with Crippen molar-refractivity contribution in [1.29, 1.82) is 0 Å². The molecule has 0 aliphatic carbocycles. The molecule has 31 heavy (non-hydrogen) atoms. The summed E-state index contributed by atoms with van der Waals surface area (Å²) in [5.41, 5.74) is 4.02. The fourth-order valence-electron chi connectivity index (χ4n) is 4.73. The number of rotatable bonds is 2. The average Bonchev–Trinajstić information content (AvgIpc) is 3.36. The number of nitrogens with one attached hydrogen (secondary N) is 1. The third-order valence-corrected chi connectivity index (χ3v) is 6.01. The summed E-state index contributed by atoms with van der Waals surface area (Å²) in [6, 6.07) is 10.3. The maximum atomic E-state index is 14.4. The monoisotopic (exact) mass is 413 g/mol. The lowest BCUT2D eigenvalue weighted by atomic mass is 9.92. The first-order chi connectivity index (χ1) is 15.0. The number of fused-ring (bicyclic) bond motifs is 1. The summed E-state index contributed by atoms with van der Waals surface area (Å²) in [5.74, 6) is -1.68. The number of para-hydroxylation sites is 1. The van der Waals surface area contributed by atoms with Gasteiger partial charge in [-0.2, -0.15) is 0 Å². The van der Waals surface area contributed by atoms with Crippen molar-refractivity contribution in [2.45, 2.75) is 19.4 Å². The van der Waals surface area contributed by atoms with Gasteiger partial charge >= 0.3 is 0 Å². The van der Waals surface area contributed by atoms with Gasteiger partial charge in [0.1, 0.15) is 11.4 Å². The summed E-state index contributed by atoms with van der Waals surface area (Å²) in [4.78, 5) is 32.5. The zero-order valence-corrected chi connectivity index (χ0v) is 16.5. The fraction of sp³-hybridized carbons (Fsp3) is 0.125. The third-order valence-electron chi connectivity index (χ3n) is 6.01. The van der Waals surface area contributed by atoms with Crippen molar-refractivity contribution in [2.24, 2.45) is 4.99 Å². The first kappa shape index (κ1) is 17.8. The highest BCUT2D eigenvalue weighted by molar-refractivity contribution is 6.48. The molecule has 3 aliphatic heterocycles. The lowest BCUT2D eigenvalue weighted by Gasteiger charge is -2.21. The first-order valence-corrected chi connectivity index (χ1v) is 9.95. The van der Waals surface area contributed by atoms with Crippen LogP contribution in [0.2, 0.25) is 0 Å². The van der Waals surface area contributed by atoms with Crippen LogP contribution in [-0.2, 0) is 16.0 Å². The highest BCUT2D eigenvalue weighted by Crippen LogP contribution is 2.40. The molecule has 0 fully saturated rings. The van der Waals surface area contributed by atoms with Crippen LogP contribution in [0.5, 0.6) is 0 Å². The molecule has 2 aromatic carbocycles. The number of hydrogen-bond acceptors (Lipinski definition) is 5. The normalized spacial score (nSPS) is 19.7. The molecular weight excluding hydrogens is 397 g/mol. The molecule has 6 rings (SSSR count). The molecule has 7 heteroatoms. The van der Waals surface area contributed by atoms with Crippen LogP contribution in [0.3, 0.4) is 0 Å². The zero-order chi connectivity index (χ0) is 21.3. The van der Waals surface area contributed by atoms with Crippen LogP contribution in [0.1, 0.15) is 23.6 Å². The van der Waals surface area contributed by atoms with Gasteiger partial charge in [-0.1, -0.05) is 18.2 Å². The Hall–Kier alpha value is -4.00. The maximum Gasteiger partial charge on any atom is 0.261 e. The van der Waals surface area contributed by atoms with Gasteiger partial charge in [-0.25, -0.2) is 4.39 Å². The van der Waals surface area contributed by atoms with Crippen molar-refractivity contribution >= 4 is 39.8 Å². The molecule has 0 spiro atoms. The molecule has 0 bridgehead atoms. The van der Waals surface area contributed by atoms with Crippen molar-refractivity contribution < 1.29 is 18.4 Å². The maximum absolute atomic E-state index is 14.4. The van der Waals surface area contributed by atoms with Gasteiger partial charge in [0.2, 0.25) is 0 Å². The van der Waals surface area contributed by atoms with Gasteiger partial charge in [0.15, 0.2) is 0 Å². The van der Waals surface area contributed by atoms with Gasteiger partial charge in [0.25, 0.3) is 11.8 Å². The van der Waals surface area contributed by atoms with Crippen LogP contribution >= 0.6 is 0 Å². The van der Waals surface area contributed by atoms with Crippen LogP contribution in [0.25, 0.3) is 16.5 Å². The lowest BCUT2D eigenvalue weighted by molar-refractivity contribution is -0.123. The molecule has 3 aliphatic rings. The highest BCUT2D eigenvalue weighted by atomic mass is 19.1. The molecule has 0 saturated heterocycles. The van der Waals surface area contributed by atoms with E-state index >= 15 is 0 Å². The molecule has 1 aromatic heterocycles. The molecular formula is C24H16FN3O3. The largest absolute Gasteiger partial charge is 0.464 e. The van der Waals surface area contributed by atoms with Crippen LogP contribution in [0.15, 0.2) is 70.0 Å². The minimum absolute atomic E-state index is 0.0636. The predicted octanol–water partition coefficient (Wildman–Crippen LogP) is 3.71. The fourth-order valence-corrected chi connectivity index (χ4v) is 4.73. The Kier molecular flexibility index (Phi) is 3.59. The van der Waals surface area contributed by atoms with Gasteiger partial charge < -0.3 is 9.32 Å². The standard InChI is InChI=1S/C24H16FN3O3/c1-12-9-13-3-2-4-16-20(26-6-7-28(12)21(13)16)19-18(23(29)27-24(19)30)17-11-15(25)10-14-5-8-31-22(14)17/h2-8,10-12H,9H2,1H3,(H,27,29,30). The Morgan fingerprint density at radius 3 is 2.84 bits per heavy atom. The van der Waals surface area contributed by atoms with E-state index in [1.54, 1.807) is 12.3 Å². The van der Waals surface area contributed by atoms with Crippen LogP contribution in [0, 0.1) is 5.82 Å². The molecule has 6 nitrogen and oxygen atoms in total. The summed E-state index contributed by atoms with van der Waals surface area (Å²) in [6.45, 7) is 2.12. The molecule has 4 heterocycles. The third kappa shape index (κ3) is 2.46. The van der Waals surface area contributed by atoms with E-state index in [0.29, 0.717) is 16.7 Å². The number of anilines is 1. The van der Waals surface area contributed by atoms with Gasteiger partial charge in [0, 0.05) is 35.0 Å². The number of halogens is 1. The van der Waals surface area contributed by atoms with Crippen molar-refractivity contribution in [3.05, 3.63) is 83.1 Å². The van der Waals surface area contributed by atoms with Gasteiger partial charge in [-0.3, -0.25) is 19.9 Å². The lowest BCUT2D eigenvalue weighted by Crippen LogP contribution is -2.26. The van der Waals surface area contributed by atoms with E-state index in [9.17, 15) is 14.0 Å². The van der Waals surface area contributed by atoms with Crippen molar-refractivity contribution in [3.8, 4) is 0 Å². The van der Waals surface area contributed by atoms with E-state index in [2.05, 4.69) is 28.2 Å². The number of amides is 2. The molecule has 1 unspecified atom stereocenters. The summed E-state index contributed by atoms with van der Waals surface area (Å²) < 4.78 is 19.9.